The SMILES string of the molecule is Clc1cccc(Cl)c1Oc1ccc2ccccn12. The summed E-state index contributed by atoms with van der Waals surface area (Å²) in [5, 5.41) is 0.988. The Hall–Kier alpha value is -1.64. The van der Waals surface area contributed by atoms with Crippen LogP contribution in [0.5, 0.6) is 11.6 Å². The maximum absolute atomic E-state index is 6.08. The topological polar surface area (TPSA) is 13.6 Å². The van der Waals surface area contributed by atoms with Crippen LogP contribution in [0.4, 0.5) is 0 Å². The van der Waals surface area contributed by atoms with Gasteiger partial charge in [0.15, 0.2) is 5.75 Å². The Kier molecular flexibility index (Phi) is 2.90. The number of hydrogen-bond donors (Lipinski definition) is 0. The highest BCUT2D eigenvalue weighted by Gasteiger charge is 2.10. The lowest BCUT2D eigenvalue weighted by molar-refractivity contribution is 0.459. The van der Waals surface area contributed by atoms with E-state index in [1.165, 1.54) is 0 Å². The number of ether oxygens (including phenoxy) is 1. The van der Waals surface area contributed by atoms with Gasteiger partial charge in [0.1, 0.15) is 0 Å². The zero-order valence-corrected chi connectivity index (χ0v) is 10.8. The molecule has 0 fully saturated rings. The molecule has 0 spiro atoms. The first kappa shape index (κ1) is 11.5. The second-order valence-electron chi connectivity index (χ2n) is 3.82. The average molecular weight is 278 g/mol. The van der Waals surface area contributed by atoms with Gasteiger partial charge in [0, 0.05) is 17.8 Å². The Morgan fingerprint density at radius 2 is 1.61 bits per heavy atom. The van der Waals surface area contributed by atoms with Gasteiger partial charge in [-0.15, -0.1) is 0 Å². The quantitative estimate of drug-likeness (QED) is 0.640. The van der Waals surface area contributed by atoms with Gasteiger partial charge in [-0.25, -0.2) is 0 Å². The zero-order chi connectivity index (χ0) is 12.5. The molecular formula is C14H9Cl2NO. The molecule has 1 aromatic carbocycles. The van der Waals surface area contributed by atoms with Crippen LogP contribution in [0.1, 0.15) is 0 Å². The number of benzene rings is 1. The minimum Gasteiger partial charge on any atom is -0.437 e. The maximum Gasteiger partial charge on any atom is 0.204 e. The Labute approximate surface area is 114 Å². The van der Waals surface area contributed by atoms with Crippen molar-refractivity contribution in [3.05, 3.63) is 64.8 Å². The Morgan fingerprint density at radius 3 is 2.39 bits per heavy atom. The van der Waals surface area contributed by atoms with Gasteiger partial charge in [-0.1, -0.05) is 35.3 Å². The number of pyridine rings is 1. The van der Waals surface area contributed by atoms with E-state index in [0.717, 1.165) is 5.52 Å². The molecule has 0 radical (unpaired) electrons. The standard InChI is InChI=1S/C14H9Cl2NO/c15-11-5-3-6-12(16)14(11)18-13-8-7-10-4-1-2-9-17(10)13/h1-9H. The van der Waals surface area contributed by atoms with E-state index in [0.29, 0.717) is 21.7 Å². The average Bonchev–Trinajstić information content (AvgIpc) is 2.77. The van der Waals surface area contributed by atoms with E-state index in [1.54, 1.807) is 18.2 Å². The molecule has 0 aliphatic rings. The van der Waals surface area contributed by atoms with Gasteiger partial charge in [0.2, 0.25) is 5.88 Å². The smallest absolute Gasteiger partial charge is 0.204 e. The van der Waals surface area contributed by atoms with Gasteiger partial charge in [0.25, 0.3) is 0 Å². The Morgan fingerprint density at radius 1 is 0.833 bits per heavy atom. The molecule has 0 amide bonds. The number of halogens is 2. The third-order valence-corrected chi connectivity index (χ3v) is 3.25. The summed E-state index contributed by atoms with van der Waals surface area (Å²) >= 11 is 12.2. The molecule has 0 aliphatic heterocycles. The summed E-state index contributed by atoms with van der Waals surface area (Å²) in [5.41, 5.74) is 1.05. The number of nitrogens with zero attached hydrogens (tertiary/aromatic N) is 1. The van der Waals surface area contributed by atoms with E-state index >= 15 is 0 Å². The molecule has 2 nitrogen and oxygen atoms in total. The molecule has 3 rings (SSSR count). The van der Waals surface area contributed by atoms with Crippen LogP contribution in [0.3, 0.4) is 0 Å². The van der Waals surface area contributed by atoms with Crippen molar-refractivity contribution in [2.24, 2.45) is 0 Å². The molecule has 0 saturated carbocycles. The monoisotopic (exact) mass is 277 g/mol. The molecule has 0 aliphatic carbocycles. The van der Waals surface area contributed by atoms with Crippen molar-refractivity contribution in [1.29, 1.82) is 0 Å². The summed E-state index contributed by atoms with van der Waals surface area (Å²) in [7, 11) is 0. The predicted octanol–water partition coefficient (Wildman–Crippen LogP) is 5.04. The summed E-state index contributed by atoms with van der Waals surface area (Å²) in [4.78, 5) is 0. The second kappa shape index (κ2) is 4.56. The normalized spacial score (nSPS) is 10.8. The van der Waals surface area contributed by atoms with Gasteiger partial charge in [-0.05, 0) is 30.3 Å². The fourth-order valence-corrected chi connectivity index (χ4v) is 2.27. The number of fused-ring (bicyclic) bond motifs is 1. The summed E-state index contributed by atoms with van der Waals surface area (Å²) in [5.74, 6) is 1.16. The molecule has 18 heavy (non-hydrogen) atoms. The van der Waals surface area contributed by atoms with E-state index in [-0.39, 0.29) is 0 Å². The van der Waals surface area contributed by atoms with Crippen LogP contribution in [0, 0.1) is 0 Å². The van der Waals surface area contributed by atoms with Crippen LogP contribution in [0.25, 0.3) is 5.52 Å². The fourth-order valence-electron chi connectivity index (χ4n) is 1.80. The Bertz CT molecular complexity index is 686. The summed E-state index contributed by atoms with van der Waals surface area (Å²) in [6.45, 7) is 0. The number of para-hydroxylation sites is 1. The highest BCUT2D eigenvalue weighted by molar-refractivity contribution is 6.37. The number of aromatic nitrogens is 1. The van der Waals surface area contributed by atoms with Crippen molar-refractivity contribution in [1.82, 2.24) is 4.40 Å². The molecule has 2 heterocycles. The molecule has 3 aromatic rings. The lowest BCUT2D eigenvalue weighted by Gasteiger charge is -2.09. The van der Waals surface area contributed by atoms with Gasteiger partial charge < -0.3 is 4.74 Å². The molecule has 0 N–H and O–H groups in total. The fraction of sp³-hybridized carbons (Fsp3) is 0. The van der Waals surface area contributed by atoms with E-state index in [2.05, 4.69) is 0 Å². The molecule has 0 unspecified atom stereocenters. The zero-order valence-electron chi connectivity index (χ0n) is 9.31. The molecule has 2 aromatic heterocycles. The molecule has 90 valence electrons. The van der Waals surface area contributed by atoms with Gasteiger partial charge in [-0.3, -0.25) is 4.40 Å². The molecular weight excluding hydrogens is 269 g/mol. The van der Waals surface area contributed by atoms with Crippen LogP contribution in [-0.2, 0) is 0 Å². The second-order valence-corrected chi connectivity index (χ2v) is 4.63. The summed E-state index contributed by atoms with van der Waals surface area (Å²) in [6, 6.07) is 15.1. The van der Waals surface area contributed by atoms with Crippen LogP contribution < -0.4 is 4.74 Å². The van der Waals surface area contributed by atoms with Crippen molar-refractivity contribution >= 4 is 28.7 Å². The highest BCUT2D eigenvalue weighted by atomic mass is 35.5. The highest BCUT2D eigenvalue weighted by Crippen LogP contribution is 2.36. The minimum absolute atomic E-state index is 0.477. The van der Waals surface area contributed by atoms with Crippen molar-refractivity contribution < 1.29 is 4.74 Å². The van der Waals surface area contributed by atoms with Crippen molar-refractivity contribution in [3.63, 3.8) is 0 Å². The van der Waals surface area contributed by atoms with E-state index in [9.17, 15) is 0 Å². The lowest BCUT2D eigenvalue weighted by atomic mass is 10.3. The lowest BCUT2D eigenvalue weighted by Crippen LogP contribution is -1.91. The molecule has 0 bridgehead atoms. The van der Waals surface area contributed by atoms with Crippen LogP contribution in [-0.4, -0.2) is 4.40 Å². The van der Waals surface area contributed by atoms with Gasteiger partial charge in [-0.2, -0.15) is 0 Å². The first-order chi connectivity index (χ1) is 8.75. The minimum atomic E-state index is 0.477. The van der Waals surface area contributed by atoms with E-state index < -0.39 is 0 Å². The summed E-state index contributed by atoms with van der Waals surface area (Å²) in [6.07, 6.45) is 1.93. The third-order valence-electron chi connectivity index (χ3n) is 2.65. The molecule has 0 atom stereocenters. The molecule has 0 saturated heterocycles. The first-order valence-corrected chi connectivity index (χ1v) is 6.19. The largest absolute Gasteiger partial charge is 0.437 e. The number of rotatable bonds is 2. The first-order valence-electron chi connectivity index (χ1n) is 5.44. The van der Waals surface area contributed by atoms with Crippen LogP contribution in [0.2, 0.25) is 10.0 Å². The van der Waals surface area contributed by atoms with E-state index in [1.807, 2.05) is 40.9 Å². The predicted molar refractivity (Wildman–Crippen MR) is 73.9 cm³/mol. The van der Waals surface area contributed by atoms with Crippen molar-refractivity contribution in [2.75, 3.05) is 0 Å². The van der Waals surface area contributed by atoms with Crippen molar-refractivity contribution in [2.45, 2.75) is 0 Å². The van der Waals surface area contributed by atoms with E-state index in [4.69, 9.17) is 27.9 Å². The van der Waals surface area contributed by atoms with Gasteiger partial charge in [0.05, 0.1) is 10.0 Å². The Balaban J connectivity index is 2.07. The van der Waals surface area contributed by atoms with Gasteiger partial charge >= 0.3 is 0 Å². The van der Waals surface area contributed by atoms with Crippen LogP contribution >= 0.6 is 23.2 Å². The van der Waals surface area contributed by atoms with Crippen LogP contribution in [0.15, 0.2) is 54.7 Å². The maximum atomic E-state index is 6.08. The molecule has 4 heteroatoms. The summed E-state index contributed by atoms with van der Waals surface area (Å²) < 4.78 is 7.72. The number of hydrogen-bond acceptors (Lipinski definition) is 1. The van der Waals surface area contributed by atoms with Crippen molar-refractivity contribution in [3.8, 4) is 11.6 Å². The third kappa shape index (κ3) is 1.94.